The number of nitrogens with one attached hydrogen (secondary N) is 1. The molecule has 0 atom stereocenters. The van der Waals surface area contributed by atoms with Crippen molar-refractivity contribution < 1.29 is 17.9 Å². The molecule has 1 N–H and O–H groups in total. The molecule has 0 aliphatic carbocycles. The Morgan fingerprint density at radius 1 is 1.07 bits per heavy atom. The molecule has 0 aliphatic heterocycles. The summed E-state index contributed by atoms with van der Waals surface area (Å²) in [6.07, 6.45) is 0. The van der Waals surface area contributed by atoms with Crippen molar-refractivity contribution >= 4 is 21.6 Å². The van der Waals surface area contributed by atoms with E-state index in [1.165, 1.54) is 7.11 Å². The first-order valence-corrected chi connectivity index (χ1v) is 10.1. The quantitative estimate of drug-likeness (QED) is 0.787. The van der Waals surface area contributed by atoms with Crippen LogP contribution in [0, 0.1) is 20.8 Å². The lowest BCUT2D eigenvalue weighted by Gasteiger charge is -2.21. The highest BCUT2D eigenvalue weighted by Crippen LogP contribution is 2.27. The van der Waals surface area contributed by atoms with E-state index in [1.54, 1.807) is 38.1 Å². The predicted molar refractivity (Wildman–Crippen MR) is 107 cm³/mol. The molecule has 0 unspecified atom stereocenters. The molecule has 6 nitrogen and oxygen atoms in total. The van der Waals surface area contributed by atoms with Crippen LogP contribution < -0.4 is 10.1 Å². The molecule has 0 radical (unpaired) electrons. The van der Waals surface area contributed by atoms with Gasteiger partial charge in [-0.15, -0.1) is 0 Å². The van der Waals surface area contributed by atoms with Gasteiger partial charge in [-0.3, -0.25) is 4.79 Å². The molecule has 146 valence electrons. The van der Waals surface area contributed by atoms with Crippen molar-refractivity contribution in [3.8, 4) is 5.75 Å². The second kappa shape index (κ2) is 8.54. The second-order valence-electron chi connectivity index (χ2n) is 6.43. The molecule has 0 aromatic heterocycles. The number of benzene rings is 2. The number of amides is 1. The highest BCUT2D eigenvalue weighted by molar-refractivity contribution is 7.89. The summed E-state index contributed by atoms with van der Waals surface area (Å²) in [5.74, 6) is -0.135. The molecule has 2 rings (SSSR count). The summed E-state index contributed by atoms with van der Waals surface area (Å²) < 4.78 is 32.4. The van der Waals surface area contributed by atoms with Gasteiger partial charge in [-0.05, 0) is 61.7 Å². The number of aryl methyl sites for hydroxylation is 3. The van der Waals surface area contributed by atoms with Gasteiger partial charge in [0.15, 0.2) is 0 Å². The maximum absolute atomic E-state index is 13.0. The summed E-state index contributed by atoms with van der Waals surface area (Å²) in [7, 11) is -2.45. The maximum Gasteiger partial charge on any atom is 0.247 e. The predicted octanol–water partition coefficient (Wildman–Crippen LogP) is 3.27. The average Bonchev–Trinajstić information content (AvgIpc) is 2.62. The fourth-order valence-corrected chi connectivity index (χ4v) is 4.32. The molecule has 0 fully saturated rings. The number of hydrogen-bond donors (Lipinski definition) is 1. The Bertz CT molecular complexity index is 939. The summed E-state index contributed by atoms with van der Waals surface area (Å²) in [4.78, 5) is 12.5. The normalized spacial score (nSPS) is 11.5. The van der Waals surface area contributed by atoms with Crippen LogP contribution >= 0.6 is 0 Å². The summed E-state index contributed by atoms with van der Waals surface area (Å²) in [6.45, 7) is 7.34. The molecule has 0 bridgehead atoms. The van der Waals surface area contributed by atoms with E-state index in [0.717, 1.165) is 21.0 Å². The smallest absolute Gasteiger partial charge is 0.247 e. The van der Waals surface area contributed by atoms with E-state index < -0.39 is 15.9 Å². The van der Waals surface area contributed by atoms with E-state index in [4.69, 9.17) is 4.74 Å². The van der Waals surface area contributed by atoms with Crippen LogP contribution in [0.5, 0.6) is 5.75 Å². The molecule has 0 saturated heterocycles. The highest BCUT2D eigenvalue weighted by Gasteiger charge is 2.28. The fraction of sp³-hybridized carbons (Fsp3) is 0.350. The number of carbonyl (C=O) groups excluding carboxylic acids is 1. The van der Waals surface area contributed by atoms with Crippen molar-refractivity contribution in [3.05, 3.63) is 53.1 Å². The zero-order valence-corrected chi connectivity index (χ0v) is 17.2. The molecule has 27 heavy (non-hydrogen) atoms. The molecular weight excluding hydrogens is 364 g/mol. The largest absolute Gasteiger partial charge is 0.495 e. The van der Waals surface area contributed by atoms with E-state index in [2.05, 4.69) is 5.32 Å². The Kier molecular flexibility index (Phi) is 6.62. The third-order valence-electron chi connectivity index (χ3n) is 4.40. The van der Waals surface area contributed by atoms with Gasteiger partial charge in [0.2, 0.25) is 15.9 Å². The van der Waals surface area contributed by atoms with Crippen molar-refractivity contribution in [1.82, 2.24) is 4.31 Å². The number of anilines is 1. The molecule has 7 heteroatoms. The third kappa shape index (κ3) is 4.87. The van der Waals surface area contributed by atoms with E-state index >= 15 is 0 Å². The van der Waals surface area contributed by atoms with Crippen molar-refractivity contribution in [2.75, 3.05) is 25.5 Å². The van der Waals surface area contributed by atoms with Crippen LogP contribution in [0.1, 0.15) is 23.6 Å². The van der Waals surface area contributed by atoms with Crippen molar-refractivity contribution in [2.45, 2.75) is 32.6 Å². The number of carbonyl (C=O) groups is 1. The van der Waals surface area contributed by atoms with Crippen molar-refractivity contribution in [3.63, 3.8) is 0 Å². The van der Waals surface area contributed by atoms with Gasteiger partial charge in [0, 0.05) is 12.2 Å². The maximum atomic E-state index is 13.0. The molecule has 1 amide bonds. The van der Waals surface area contributed by atoms with Crippen molar-refractivity contribution in [2.24, 2.45) is 0 Å². The number of likely N-dealkylation sites (N-methyl/N-ethyl adjacent to an activating group) is 1. The monoisotopic (exact) mass is 390 g/mol. The minimum absolute atomic E-state index is 0.0610. The number of ether oxygens (including phenoxy) is 1. The number of rotatable bonds is 7. The Hall–Kier alpha value is -2.38. The lowest BCUT2D eigenvalue weighted by Crippen LogP contribution is -2.38. The van der Waals surface area contributed by atoms with Crippen LogP contribution in [0.25, 0.3) is 0 Å². The zero-order valence-electron chi connectivity index (χ0n) is 16.4. The first kappa shape index (κ1) is 20.9. The molecule has 0 aliphatic rings. The average molecular weight is 391 g/mol. The molecular formula is C20H26N2O4S. The Balaban J connectivity index is 2.23. The standard InChI is InChI=1S/C20H26N2O4S/c1-6-22(13-20(23)21-17-9-8-15(3)16(4)12-17)27(24,25)19-11-14(2)7-10-18(19)26-5/h7-12H,6,13H2,1-5H3,(H,21,23). The molecule has 2 aromatic carbocycles. The molecule has 0 spiro atoms. The molecule has 2 aromatic rings. The summed E-state index contributed by atoms with van der Waals surface area (Å²) >= 11 is 0. The van der Waals surface area contributed by atoms with Gasteiger partial charge < -0.3 is 10.1 Å². The van der Waals surface area contributed by atoms with Crippen molar-refractivity contribution in [1.29, 1.82) is 0 Å². The van der Waals surface area contributed by atoms with E-state index in [0.29, 0.717) is 5.69 Å². The Morgan fingerprint density at radius 3 is 2.37 bits per heavy atom. The van der Waals surface area contributed by atoms with Gasteiger partial charge in [-0.25, -0.2) is 8.42 Å². The van der Waals surface area contributed by atoms with E-state index in [-0.39, 0.29) is 23.7 Å². The number of nitrogens with zero attached hydrogens (tertiary/aromatic N) is 1. The zero-order chi connectivity index (χ0) is 20.2. The Labute approximate surface area is 161 Å². The number of methoxy groups -OCH3 is 1. The lowest BCUT2D eigenvalue weighted by atomic mass is 10.1. The van der Waals surface area contributed by atoms with Crippen LogP contribution in [0.4, 0.5) is 5.69 Å². The van der Waals surface area contributed by atoms with E-state index in [9.17, 15) is 13.2 Å². The second-order valence-corrected chi connectivity index (χ2v) is 8.34. The van der Waals surface area contributed by atoms with Crippen LogP contribution in [0.15, 0.2) is 41.3 Å². The first-order valence-electron chi connectivity index (χ1n) is 8.71. The van der Waals surface area contributed by atoms with Gasteiger partial charge >= 0.3 is 0 Å². The van der Waals surface area contributed by atoms with Crippen LogP contribution in [-0.4, -0.2) is 38.8 Å². The minimum atomic E-state index is -3.87. The number of sulfonamides is 1. The van der Waals surface area contributed by atoms with Gasteiger partial charge in [-0.1, -0.05) is 19.1 Å². The van der Waals surface area contributed by atoms with Gasteiger partial charge in [0.1, 0.15) is 10.6 Å². The molecule has 0 saturated carbocycles. The molecule has 0 heterocycles. The third-order valence-corrected chi connectivity index (χ3v) is 6.34. The summed E-state index contributed by atoms with van der Waals surface area (Å²) in [5.41, 5.74) is 3.62. The van der Waals surface area contributed by atoms with Crippen LogP contribution in [-0.2, 0) is 14.8 Å². The SMILES string of the molecule is CCN(CC(=O)Nc1ccc(C)c(C)c1)S(=O)(=O)c1cc(C)ccc1OC. The minimum Gasteiger partial charge on any atom is -0.495 e. The van der Waals surface area contributed by atoms with Crippen LogP contribution in [0.3, 0.4) is 0 Å². The van der Waals surface area contributed by atoms with Crippen LogP contribution in [0.2, 0.25) is 0 Å². The first-order chi connectivity index (χ1) is 12.7. The van der Waals surface area contributed by atoms with Gasteiger partial charge in [0.25, 0.3) is 0 Å². The summed E-state index contributed by atoms with van der Waals surface area (Å²) in [5, 5.41) is 2.76. The summed E-state index contributed by atoms with van der Waals surface area (Å²) in [6, 6.07) is 10.5. The topological polar surface area (TPSA) is 75.7 Å². The van der Waals surface area contributed by atoms with E-state index in [1.807, 2.05) is 26.0 Å². The van der Waals surface area contributed by atoms with Gasteiger partial charge in [0.05, 0.1) is 13.7 Å². The fourth-order valence-electron chi connectivity index (χ4n) is 2.67. The van der Waals surface area contributed by atoms with Gasteiger partial charge in [-0.2, -0.15) is 4.31 Å². The Morgan fingerprint density at radius 2 is 1.78 bits per heavy atom. The highest BCUT2D eigenvalue weighted by atomic mass is 32.2. The number of hydrogen-bond acceptors (Lipinski definition) is 4. The lowest BCUT2D eigenvalue weighted by molar-refractivity contribution is -0.116.